The number of thiophene rings is 1. The molecule has 0 saturated carbocycles. The van der Waals surface area contributed by atoms with E-state index in [0.29, 0.717) is 5.56 Å². The topological polar surface area (TPSA) is 33.2 Å². The summed E-state index contributed by atoms with van der Waals surface area (Å²) in [7, 11) is 2.01. The molecule has 0 amide bonds. The van der Waals surface area contributed by atoms with Crippen LogP contribution in [0.2, 0.25) is 0 Å². The summed E-state index contributed by atoms with van der Waals surface area (Å²) in [6, 6.07) is 3.97. The van der Waals surface area contributed by atoms with Gasteiger partial charge in [0, 0.05) is 25.4 Å². The lowest BCUT2D eigenvalue weighted by Crippen LogP contribution is -2.18. The highest BCUT2D eigenvalue weighted by atomic mass is 32.1. The zero-order valence-electron chi connectivity index (χ0n) is 9.88. The number of aldehydes is 1. The fraction of sp³-hybridized carbons (Fsp3) is 0.231. The van der Waals surface area contributed by atoms with Gasteiger partial charge >= 0.3 is 0 Å². The van der Waals surface area contributed by atoms with Crippen LogP contribution in [0.3, 0.4) is 0 Å². The molecule has 2 rings (SSSR count). The van der Waals surface area contributed by atoms with Crippen molar-refractivity contribution in [3.8, 4) is 0 Å². The van der Waals surface area contributed by atoms with Crippen LogP contribution >= 0.6 is 11.3 Å². The Balaban J connectivity index is 2.19. The van der Waals surface area contributed by atoms with Crippen molar-refractivity contribution >= 4 is 23.4 Å². The van der Waals surface area contributed by atoms with E-state index in [0.717, 1.165) is 24.2 Å². The lowest BCUT2D eigenvalue weighted by Gasteiger charge is -2.19. The van der Waals surface area contributed by atoms with Crippen molar-refractivity contribution in [2.75, 3.05) is 11.9 Å². The van der Waals surface area contributed by atoms with Crippen molar-refractivity contribution in [1.29, 1.82) is 0 Å². The molecule has 0 aliphatic carbocycles. The first-order valence-electron chi connectivity index (χ1n) is 5.34. The minimum atomic E-state index is 0.621. The second-order valence-electron chi connectivity index (χ2n) is 4.01. The van der Waals surface area contributed by atoms with E-state index in [9.17, 15) is 4.79 Å². The van der Waals surface area contributed by atoms with Crippen LogP contribution in [0.5, 0.6) is 0 Å². The highest BCUT2D eigenvalue weighted by molar-refractivity contribution is 7.07. The van der Waals surface area contributed by atoms with Gasteiger partial charge in [0.25, 0.3) is 0 Å². The van der Waals surface area contributed by atoms with Crippen LogP contribution in [-0.4, -0.2) is 18.3 Å². The van der Waals surface area contributed by atoms with Gasteiger partial charge in [0.2, 0.25) is 0 Å². The standard InChI is InChI=1S/C13H14N2OS/c1-10-5-12(8-16)6-14-13(10)15(2)7-11-3-4-17-9-11/h3-6,8-9H,7H2,1-2H3. The Morgan fingerprint density at radius 3 is 2.94 bits per heavy atom. The molecular formula is C13H14N2OS. The molecule has 0 saturated heterocycles. The number of aryl methyl sites for hydroxylation is 1. The molecule has 4 heteroatoms. The second-order valence-corrected chi connectivity index (χ2v) is 4.79. The van der Waals surface area contributed by atoms with Crippen LogP contribution in [-0.2, 0) is 6.54 Å². The summed E-state index contributed by atoms with van der Waals surface area (Å²) in [5.41, 5.74) is 2.92. The third-order valence-electron chi connectivity index (χ3n) is 2.57. The fourth-order valence-corrected chi connectivity index (χ4v) is 2.44. The molecule has 0 spiro atoms. The molecule has 0 bridgehead atoms. The smallest absolute Gasteiger partial charge is 0.151 e. The van der Waals surface area contributed by atoms with E-state index in [2.05, 4.69) is 26.7 Å². The summed E-state index contributed by atoms with van der Waals surface area (Å²) >= 11 is 1.69. The van der Waals surface area contributed by atoms with E-state index in [1.54, 1.807) is 17.5 Å². The average molecular weight is 246 g/mol. The molecule has 2 aromatic heterocycles. The maximum absolute atomic E-state index is 10.6. The van der Waals surface area contributed by atoms with Gasteiger partial charge < -0.3 is 4.90 Å². The quantitative estimate of drug-likeness (QED) is 0.778. The first-order chi connectivity index (χ1) is 8.20. The van der Waals surface area contributed by atoms with Gasteiger partial charge in [-0.05, 0) is 40.9 Å². The number of pyridine rings is 1. The maximum Gasteiger partial charge on any atom is 0.151 e. The highest BCUT2D eigenvalue weighted by Gasteiger charge is 2.07. The minimum absolute atomic E-state index is 0.621. The Hall–Kier alpha value is -1.68. The largest absolute Gasteiger partial charge is 0.355 e. The predicted molar refractivity (Wildman–Crippen MR) is 70.8 cm³/mol. The predicted octanol–water partition coefficient (Wildman–Crippen LogP) is 2.90. The van der Waals surface area contributed by atoms with Gasteiger partial charge in [0.05, 0.1) is 0 Å². The Bertz CT molecular complexity index is 508. The summed E-state index contributed by atoms with van der Waals surface area (Å²) < 4.78 is 0. The summed E-state index contributed by atoms with van der Waals surface area (Å²) in [5.74, 6) is 0.918. The number of nitrogens with zero attached hydrogens (tertiary/aromatic N) is 2. The third-order valence-corrected chi connectivity index (χ3v) is 3.30. The molecular weight excluding hydrogens is 232 g/mol. The van der Waals surface area contributed by atoms with Gasteiger partial charge in [0.15, 0.2) is 6.29 Å². The molecule has 0 unspecified atom stereocenters. The Kier molecular flexibility index (Phi) is 3.54. The molecule has 88 valence electrons. The van der Waals surface area contributed by atoms with Crippen LogP contribution in [0.15, 0.2) is 29.1 Å². The zero-order chi connectivity index (χ0) is 12.3. The van der Waals surface area contributed by atoms with E-state index >= 15 is 0 Å². The summed E-state index contributed by atoms with van der Waals surface area (Å²) in [6.07, 6.45) is 2.43. The maximum atomic E-state index is 10.6. The van der Waals surface area contributed by atoms with E-state index in [-0.39, 0.29) is 0 Å². The van der Waals surface area contributed by atoms with Crippen LogP contribution in [0.25, 0.3) is 0 Å². The van der Waals surface area contributed by atoms with Gasteiger partial charge in [0.1, 0.15) is 5.82 Å². The molecule has 2 heterocycles. The molecule has 0 fully saturated rings. The Morgan fingerprint density at radius 2 is 2.35 bits per heavy atom. The molecule has 0 aliphatic rings. The van der Waals surface area contributed by atoms with Crippen molar-refractivity contribution in [2.24, 2.45) is 0 Å². The normalized spacial score (nSPS) is 10.2. The number of aromatic nitrogens is 1. The van der Waals surface area contributed by atoms with Gasteiger partial charge in [-0.2, -0.15) is 11.3 Å². The van der Waals surface area contributed by atoms with Gasteiger partial charge in [-0.3, -0.25) is 4.79 Å². The molecule has 0 atom stereocenters. The first kappa shape index (κ1) is 11.8. The lowest BCUT2D eigenvalue weighted by molar-refractivity contribution is 0.112. The molecule has 2 aromatic rings. The molecule has 0 aromatic carbocycles. The van der Waals surface area contributed by atoms with Crippen molar-refractivity contribution in [3.63, 3.8) is 0 Å². The Labute approximate surface area is 105 Å². The van der Waals surface area contributed by atoms with Crippen LogP contribution in [0, 0.1) is 6.92 Å². The average Bonchev–Trinajstić information content (AvgIpc) is 2.81. The number of carbonyl (C=O) groups is 1. The molecule has 0 aliphatic heterocycles. The van der Waals surface area contributed by atoms with Crippen molar-refractivity contribution in [1.82, 2.24) is 4.98 Å². The second kappa shape index (κ2) is 5.10. The highest BCUT2D eigenvalue weighted by Crippen LogP contribution is 2.19. The lowest BCUT2D eigenvalue weighted by atomic mass is 10.2. The van der Waals surface area contributed by atoms with E-state index in [1.165, 1.54) is 5.56 Å². The van der Waals surface area contributed by atoms with E-state index < -0.39 is 0 Å². The number of hydrogen-bond donors (Lipinski definition) is 0. The summed E-state index contributed by atoms with van der Waals surface area (Å²) in [5, 5.41) is 4.20. The number of anilines is 1. The molecule has 0 N–H and O–H groups in total. The number of rotatable bonds is 4. The third kappa shape index (κ3) is 2.71. The Morgan fingerprint density at radius 1 is 1.53 bits per heavy atom. The van der Waals surface area contributed by atoms with E-state index in [4.69, 9.17) is 0 Å². The van der Waals surface area contributed by atoms with Crippen LogP contribution in [0.4, 0.5) is 5.82 Å². The van der Waals surface area contributed by atoms with Gasteiger partial charge in [-0.25, -0.2) is 4.98 Å². The zero-order valence-corrected chi connectivity index (χ0v) is 10.7. The monoisotopic (exact) mass is 246 g/mol. The molecule has 3 nitrogen and oxygen atoms in total. The SMILES string of the molecule is Cc1cc(C=O)cnc1N(C)Cc1ccsc1. The van der Waals surface area contributed by atoms with Crippen molar-refractivity contribution < 1.29 is 4.79 Å². The fourth-order valence-electron chi connectivity index (χ4n) is 1.78. The number of hydrogen-bond acceptors (Lipinski definition) is 4. The number of carbonyl (C=O) groups excluding carboxylic acids is 1. The summed E-state index contributed by atoms with van der Waals surface area (Å²) in [4.78, 5) is 17.1. The first-order valence-corrected chi connectivity index (χ1v) is 6.29. The van der Waals surface area contributed by atoms with Gasteiger partial charge in [-0.1, -0.05) is 0 Å². The van der Waals surface area contributed by atoms with Crippen LogP contribution < -0.4 is 4.90 Å². The molecule has 0 radical (unpaired) electrons. The van der Waals surface area contributed by atoms with Gasteiger partial charge in [-0.15, -0.1) is 0 Å². The van der Waals surface area contributed by atoms with Crippen molar-refractivity contribution in [2.45, 2.75) is 13.5 Å². The molecule has 17 heavy (non-hydrogen) atoms. The minimum Gasteiger partial charge on any atom is -0.355 e. The summed E-state index contributed by atoms with van der Waals surface area (Å²) in [6.45, 7) is 2.80. The van der Waals surface area contributed by atoms with Crippen LogP contribution in [0.1, 0.15) is 21.5 Å². The van der Waals surface area contributed by atoms with Crippen molar-refractivity contribution in [3.05, 3.63) is 45.8 Å². The van der Waals surface area contributed by atoms with E-state index in [1.807, 2.05) is 20.0 Å².